The molecular formula is C21H25O9P. The van der Waals surface area contributed by atoms with Crippen LogP contribution in [0.5, 0.6) is 23.0 Å². The molecule has 1 aliphatic carbocycles. The summed E-state index contributed by atoms with van der Waals surface area (Å²) in [7, 11) is -0.304. The lowest BCUT2D eigenvalue weighted by Crippen LogP contribution is -2.31. The van der Waals surface area contributed by atoms with E-state index in [1.807, 2.05) is 6.07 Å². The maximum atomic E-state index is 13.2. The van der Waals surface area contributed by atoms with E-state index in [1.165, 1.54) is 21.3 Å². The maximum Gasteiger partial charge on any atom is 0.505 e. The molecule has 0 bridgehead atoms. The maximum absolute atomic E-state index is 13.2. The van der Waals surface area contributed by atoms with Crippen LogP contribution in [0.4, 0.5) is 0 Å². The third-order valence-corrected chi connectivity index (χ3v) is 5.69. The standard InChI is InChI=1S/C21H25O9P/c1-12-5-6-13(9-17(12)29-30-31(23,24)25)15-7-8-16(15)20(22)14-10-18(26-2)21(28-4)19(11-14)27-3/h5-6,9-11,15-16H,7-8H2,1-4H3,(H2,23,24,25). The molecule has 31 heavy (non-hydrogen) atoms. The monoisotopic (exact) mass is 452 g/mol. The van der Waals surface area contributed by atoms with Crippen molar-refractivity contribution in [2.75, 3.05) is 21.3 Å². The number of aryl methyl sites for hydroxylation is 1. The topological polar surface area (TPSA) is 121 Å². The SMILES string of the molecule is COc1cc(C(=O)C2CCC2c2ccc(C)c(OOP(=O)(O)O)c2)cc(OC)c1OC. The van der Waals surface area contributed by atoms with Crippen LogP contribution in [-0.2, 0) is 9.24 Å². The van der Waals surface area contributed by atoms with Crippen LogP contribution in [0, 0.1) is 12.8 Å². The van der Waals surface area contributed by atoms with Gasteiger partial charge in [-0.15, -0.1) is 0 Å². The van der Waals surface area contributed by atoms with Crippen molar-refractivity contribution in [2.45, 2.75) is 25.7 Å². The van der Waals surface area contributed by atoms with E-state index in [-0.39, 0.29) is 23.4 Å². The number of methoxy groups -OCH3 is 3. The molecule has 1 aliphatic rings. The molecule has 1 saturated carbocycles. The van der Waals surface area contributed by atoms with Crippen molar-refractivity contribution in [3.05, 3.63) is 47.0 Å². The smallest absolute Gasteiger partial charge is 0.493 e. The molecule has 0 heterocycles. The van der Waals surface area contributed by atoms with E-state index in [1.54, 1.807) is 31.2 Å². The number of benzene rings is 2. The van der Waals surface area contributed by atoms with Gasteiger partial charge in [0.1, 0.15) is 0 Å². The van der Waals surface area contributed by atoms with Crippen LogP contribution < -0.4 is 19.1 Å². The zero-order valence-electron chi connectivity index (χ0n) is 17.7. The number of Topliss-reactive ketones (excluding diaryl/α,β-unsaturated/α-hetero) is 1. The number of ether oxygens (including phenoxy) is 3. The number of ketones is 1. The Morgan fingerprint density at radius 1 is 0.968 bits per heavy atom. The first-order valence-electron chi connectivity index (χ1n) is 9.55. The minimum absolute atomic E-state index is 0.0509. The number of hydrogen-bond acceptors (Lipinski definition) is 7. The summed E-state index contributed by atoms with van der Waals surface area (Å²) in [5.74, 6) is 1.03. The molecule has 168 valence electrons. The van der Waals surface area contributed by atoms with Crippen LogP contribution in [0.15, 0.2) is 30.3 Å². The molecule has 0 aromatic heterocycles. The highest BCUT2D eigenvalue weighted by Gasteiger charge is 2.38. The summed E-state index contributed by atoms with van der Waals surface area (Å²) in [5, 5.41) is 0. The molecule has 0 amide bonds. The lowest BCUT2D eigenvalue weighted by atomic mass is 9.67. The molecule has 0 saturated heterocycles. The van der Waals surface area contributed by atoms with Gasteiger partial charge < -0.3 is 28.9 Å². The van der Waals surface area contributed by atoms with Gasteiger partial charge in [-0.2, -0.15) is 0 Å². The van der Waals surface area contributed by atoms with Gasteiger partial charge in [0.2, 0.25) is 5.75 Å². The van der Waals surface area contributed by atoms with Crippen LogP contribution >= 0.6 is 7.82 Å². The van der Waals surface area contributed by atoms with Gasteiger partial charge >= 0.3 is 7.82 Å². The Bertz CT molecular complexity index is 989. The molecule has 2 N–H and O–H groups in total. The van der Waals surface area contributed by atoms with E-state index in [0.29, 0.717) is 34.8 Å². The molecule has 0 radical (unpaired) electrons. The Kier molecular flexibility index (Phi) is 6.91. The fourth-order valence-corrected chi connectivity index (χ4v) is 3.85. The molecule has 1 fully saturated rings. The quantitative estimate of drug-likeness (QED) is 0.253. The fourth-order valence-electron chi connectivity index (χ4n) is 3.68. The van der Waals surface area contributed by atoms with Crippen molar-refractivity contribution >= 4 is 13.6 Å². The number of carbonyl (C=O) groups excluding carboxylic acids is 1. The second-order valence-corrected chi connectivity index (χ2v) is 8.37. The largest absolute Gasteiger partial charge is 0.505 e. The van der Waals surface area contributed by atoms with E-state index in [9.17, 15) is 9.36 Å². The summed E-state index contributed by atoms with van der Waals surface area (Å²) in [6.45, 7) is 1.72. The molecule has 2 atom stereocenters. The molecule has 9 nitrogen and oxygen atoms in total. The lowest BCUT2D eigenvalue weighted by Gasteiger charge is -2.36. The number of rotatable bonds is 9. The second-order valence-electron chi connectivity index (χ2n) is 7.24. The van der Waals surface area contributed by atoms with Gasteiger partial charge in [0, 0.05) is 11.5 Å². The van der Waals surface area contributed by atoms with Crippen molar-refractivity contribution in [2.24, 2.45) is 5.92 Å². The van der Waals surface area contributed by atoms with Gasteiger partial charge in [0.15, 0.2) is 23.0 Å². The summed E-state index contributed by atoms with van der Waals surface area (Å²) < 4.78 is 31.1. The van der Waals surface area contributed by atoms with Gasteiger partial charge in [0.05, 0.1) is 21.3 Å². The lowest BCUT2D eigenvalue weighted by molar-refractivity contribution is -0.123. The van der Waals surface area contributed by atoms with Crippen LogP contribution in [-0.4, -0.2) is 36.9 Å². The third kappa shape index (κ3) is 5.02. The van der Waals surface area contributed by atoms with E-state index in [2.05, 4.69) is 4.67 Å². The molecule has 0 spiro atoms. The summed E-state index contributed by atoms with van der Waals surface area (Å²) in [6, 6.07) is 8.55. The van der Waals surface area contributed by atoms with Gasteiger partial charge in [-0.1, -0.05) is 16.8 Å². The predicted octanol–water partition coefficient (Wildman–Crippen LogP) is 3.80. The van der Waals surface area contributed by atoms with Crippen molar-refractivity contribution in [3.63, 3.8) is 0 Å². The highest BCUT2D eigenvalue weighted by molar-refractivity contribution is 7.46. The van der Waals surface area contributed by atoms with Crippen molar-refractivity contribution in [1.29, 1.82) is 0 Å². The summed E-state index contributed by atoms with van der Waals surface area (Å²) in [4.78, 5) is 35.8. The zero-order chi connectivity index (χ0) is 22.8. The average Bonchev–Trinajstić information content (AvgIpc) is 2.71. The van der Waals surface area contributed by atoms with Gasteiger partial charge in [-0.25, -0.2) is 4.57 Å². The van der Waals surface area contributed by atoms with E-state index in [4.69, 9.17) is 28.9 Å². The Morgan fingerprint density at radius 2 is 1.61 bits per heavy atom. The Morgan fingerprint density at radius 3 is 2.10 bits per heavy atom. The number of hydrogen-bond donors (Lipinski definition) is 2. The van der Waals surface area contributed by atoms with Crippen LogP contribution in [0.1, 0.15) is 40.2 Å². The minimum Gasteiger partial charge on any atom is -0.493 e. The molecule has 0 aliphatic heterocycles. The number of phosphoric acid groups is 1. The highest BCUT2D eigenvalue weighted by atomic mass is 31.2. The van der Waals surface area contributed by atoms with Crippen LogP contribution in [0.2, 0.25) is 0 Å². The summed E-state index contributed by atoms with van der Waals surface area (Å²) >= 11 is 0. The first-order valence-corrected chi connectivity index (χ1v) is 11.1. The normalized spacial score (nSPS) is 18.1. The first-order chi connectivity index (χ1) is 14.7. The highest BCUT2D eigenvalue weighted by Crippen LogP contribution is 2.47. The van der Waals surface area contributed by atoms with Crippen molar-refractivity contribution < 1.29 is 42.9 Å². The number of carbonyl (C=O) groups is 1. The van der Waals surface area contributed by atoms with Crippen molar-refractivity contribution in [1.82, 2.24) is 0 Å². The minimum atomic E-state index is -4.78. The van der Waals surface area contributed by atoms with Crippen LogP contribution in [0.25, 0.3) is 0 Å². The summed E-state index contributed by atoms with van der Waals surface area (Å²) in [6.07, 6.45) is 1.51. The first kappa shape index (κ1) is 23.1. The molecule has 10 heteroatoms. The van der Waals surface area contributed by atoms with Gasteiger partial charge in [0.25, 0.3) is 0 Å². The Hall–Kier alpha value is -2.58. The van der Waals surface area contributed by atoms with E-state index >= 15 is 0 Å². The van der Waals surface area contributed by atoms with Crippen molar-refractivity contribution in [3.8, 4) is 23.0 Å². The summed E-state index contributed by atoms with van der Waals surface area (Å²) in [5.41, 5.74) is 1.92. The average molecular weight is 452 g/mol. The Balaban J connectivity index is 1.85. The molecule has 2 aromatic rings. The van der Waals surface area contributed by atoms with Gasteiger partial charge in [-0.05, 0) is 55.0 Å². The second kappa shape index (κ2) is 9.28. The van der Waals surface area contributed by atoms with E-state index in [0.717, 1.165) is 12.0 Å². The Labute approximate surface area is 180 Å². The molecule has 2 unspecified atom stereocenters. The molecule has 3 rings (SSSR count). The third-order valence-electron chi connectivity index (χ3n) is 5.42. The molecule has 2 aromatic carbocycles. The van der Waals surface area contributed by atoms with E-state index < -0.39 is 7.82 Å². The van der Waals surface area contributed by atoms with Crippen LogP contribution in [0.3, 0.4) is 0 Å². The fraction of sp³-hybridized carbons (Fsp3) is 0.381. The zero-order valence-corrected chi connectivity index (χ0v) is 18.5. The molecular weight excluding hydrogens is 427 g/mol. The van der Waals surface area contributed by atoms with Gasteiger partial charge in [-0.3, -0.25) is 4.79 Å². The predicted molar refractivity (Wildman–Crippen MR) is 111 cm³/mol.